The van der Waals surface area contributed by atoms with Gasteiger partial charge >= 0.3 is 0 Å². The average Bonchev–Trinajstić information content (AvgIpc) is 3.42. The Morgan fingerprint density at radius 2 is 1.47 bits per heavy atom. The molecule has 0 bridgehead atoms. The van der Waals surface area contributed by atoms with Gasteiger partial charge in [-0.2, -0.15) is 0 Å². The second-order valence-corrected chi connectivity index (χ2v) is 18.0. The van der Waals surface area contributed by atoms with Gasteiger partial charge in [-0.05, 0) is 70.9 Å². The van der Waals surface area contributed by atoms with Gasteiger partial charge in [0.15, 0.2) is 0 Å². The summed E-state index contributed by atoms with van der Waals surface area (Å²) in [4.78, 5) is 9.12. The second-order valence-electron chi connectivity index (χ2n) is 13.0. The maximum absolute atomic E-state index is 13.3. The van der Waals surface area contributed by atoms with E-state index in [0.29, 0.717) is 5.92 Å². The number of furan rings is 1. The zero-order chi connectivity index (χ0) is 32.4. The van der Waals surface area contributed by atoms with Crippen LogP contribution >= 0.6 is 0 Å². The van der Waals surface area contributed by atoms with Crippen LogP contribution in [-0.4, -0.2) is 18.0 Å². The molecule has 0 fully saturated rings. The minimum atomic E-state index is -1.27. The van der Waals surface area contributed by atoms with E-state index in [9.17, 15) is 4.39 Å². The van der Waals surface area contributed by atoms with Gasteiger partial charge in [0.05, 0.1) is 13.7 Å². The smallest absolute Gasteiger partial charge is 0.123 e. The summed E-state index contributed by atoms with van der Waals surface area (Å²) in [5.41, 5.74) is 10.1. The molecule has 0 aliphatic rings. The summed E-state index contributed by atoms with van der Waals surface area (Å²) >= 11 is 0. The standard InChI is InChI=1S/C26H19FNO.C15H18NSi.Ir/c1-16(2)18-11-12-28-24(15-18)20-6-10-26-23(14-20)22-13-19(5-9-25(22)29-26)17-3-7-21(27)8-4-17;1-12-10-14(13-8-6-5-7-9-13)16-11-15(12)17(2,3)4;/h3-5,7-16H,1-2H3;5-8,10-11H,1-4H3;/q2*-1;. The normalized spacial score (nSPS) is 11.3. The van der Waals surface area contributed by atoms with Gasteiger partial charge < -0.3 is 14.4 Å². The molecular formula is C41H37FIrN2OSi-2. The van der Waals surface area contributed by atoms with Crippen molar-refractivity contribution < 1.29 is 28.9 Å². The Kier molecular flexibility index (Phi) is 10.4. The molecule has 4 aromatic carbocycles. The third-order valence-electron chi connectivity index (χ3n) is 8.21. The van der Waals surface area contributed by atoms with E-state index in [1.807, 2.05) is 42.6 Å². The van der Waals surface area contributed by atoms with E-state index in [-0.39, 0.29) is 25.9 Å². The van der Waals surface area contributed by atoms with E-state index in [2.05, 4.69) is 105 Å². The fourth-order valence-electron chi connectivity index (χ4n) is 5.69. The molecule has 0 saturated carbocycles. The van der Waals surface area contributed by atoms with E-state index >= 15 is 0 Å². The Bertz CT molecular complexity index is 2130. The summed E-state index contributed by atoms with van der Waals surface area (Å²) in [6, 6.07) is 37.4. The van der Waals surface area contributed by atoms with Crippen LogP contribution in [0.2, 0.25) is 19.6 Å². The average molecular weight is 813 g/mol. The number of hydrogen-bond donors (Lipinski definition) is 0. The summed E-state index contributed by atoms with van der Waals surface area (Å²) in [5, 5.41) is 3.49. The zero-order valence-corrected chi connectivity index (χ0v) is 30.9. The predicted molar refractivity (Wildman–Crippen MR) is 191 cm³/mol. The van der Waals surface area contributed by atoms with Gasteiger partial charge in [0, 0.05) is 37.9 Å². The van der Waals surface area contributed by atoms with Gasteiger partial charge in [0.1, 0.15) is 11.4 Å². The van der Waals surface area contributed by atoms with Crippen molar-refractivity contribution in [3.05, 3.63) is 139 Å². The Balaban J connectivity index is 0.000000207. The van der Waals surface area contributed by atoms with Crippen LogP contribution < -0.4 is 5.19 Å². The van der Waals surface area contributed by atoms with E-state index in [1.165, 1.54) is 28.4 Å². The third kappa shape index (κ3) is 7.68. The van der Waals surface area contributed by atoms with Crippen molar-refractivity contribution in [1.29, 1.82) is 0 Å². The quantitative estimate of drug-likeness (QED) is 0.128. The molecule has 47 heavy (non-hydrogen) atoms. The van der Waals surface area contributed by atoms with Crippen LogP contribution in [0.5, 0.6) is 0 Å². The molecule has 7 aromatic rings. The Morgan fingerprint density at radius 3 is 2.15 bits per heavy atom. The first-order valence-electron chi connectivity index (χ1n) is 15.6. The molecule has 0 amide bonds. The number of fused-ring (bicyclic) bond motifs is 3. The largest absolute Gasteiger partial charge is 0.500 e. The fourth-order valence-corrected chi connectivity index (χ4v) is 7.39. The van der Waals surface area contributed by atoms with Crippen molar-refractivity contribution >= 4 is 35.2 Å². The van der Waals surface area contributed by atoms with Gasteiger partial charge in [0.25, 0.3) is 0 Å². The van der Waals surface area contributed by atoms with Gasteiger partial charge in [-0.25, -0.2) is 4.39 Å². The number of nitrogens with zero attached hydrogens (tertiary/aromatic N) is 2. The van der Waals surface area contributed by atoms with Crippen LogP contribution in [0.25, 0.3) is 55.6 Å². The minimum Gasteiger partial charge on any atom is -0.500 e. The molecule has 0 aliphatic carbocycles. The van der Waals surface area contributed by atoms with Gasteiger partial charge in [-0.3, -0.25) is 0 Å². The van der Waals surface area contributed by atoms with Crippen LogP contribution in [0.4, 0.5) is 4.39 Å². The number of aromatic nitrogens is 2. The monoisotopic (exact) mass is 813 g/mol. The van der Waals surface area contributed by atoms with Crippen molar-refractivity contribution in [3.63, 3.8) is 0 Å². The van der Waals surface area contributed by atoms with E-state index < -0.39 is 8.07 Å². The molecule has 7 rings (SSSR count). The molecule has 1 radical (unpaired) electrons. The number of benzene rings is 4. The number of rotatable bonds is 5. The molecule has 239 valence electrons. The Hall–Kier alpha value is -4.22. The van der Waals surface area contributed by atoms with Gasteiger partial charge in [-0.1, -0.05) is 80.3 Å². The maximum atomic E-state index is 13.3. The second kappa shape index (κ2) is 14.3. The summed E-state index contributed by atoms with van der Waals surface area (Å²) in [7, 11) is -1.27. The number of halogens is 1. The molecule has 3 aromatic heterocycles. The first-order chi connectivity index (χ1) is 22.1. The zero-order valence-electron chi connectivity index (χ0n) is 27.5. The van der Waals surface area contributed by atoms with E-state index in [1.54, 1.807) is 12.1 Å². The summed E-state index contributed by atoms with van der Waals surface area (Å²) in [6.07, 6.45) is 3.90. The molecule has 0 N–H and O–H groups in total. The summed E-state index contributed by atoms with van der Waals surface area (Å²) in [5.74, 6) is 0.202. The van der Waals surface area contributed by atoms with Gasteiger partial charge in [0.2, 0.25) is 0 Å². The van der Waals surface area contributed by atoms with E-state index in [4.69, 9.17) is 4.42 Å². The third-order valence-corrected chi connectivity index (χ3v) is 10.4. The molecule has 0 aliphatic heterocycles. The molecule has 3 heterocycles. The number of aryl methyl sites for hydroxylation is 1. The van der Waals surface area contributed by atoms with Crippen molar-refractivity contribution in [3.8, 4) is 33.6 Å². The Labute approximate surface area is 291 Å². The van der Waals surface area contributed by atoms with Crippen LogP contribution in [-0.2, 0) is 20.1 Å². The Morgan fingerprint density at radius 1 is 0.745 bits per heavy atom. The summed E-state index contributed by atoms with van der Waals surface area (Å²) < 4.78 is 19.3. The first-order valence-corrected chi connectivity index (χ1v) is 19.1. The topological polar surface area (TPSA) is 38.9 Å². The minimum absolute atomic E-state index is 0. The maximum Gasteiger partial charge on any atom is 0.123 e. The number of pyridine rings is 2. The molecule has 0 spiro atoms. The predicted octanol–water partition coefficient (Wildman–Crippen LogP) is 10.8. The van der Waals surface area contributed by atoms with Crippen LogP contribution in [0.1, 0.15) is 30.9 Å². The van der Waals surface area contributed by atoms with Crippen LogP contribution in [0.3, 0.4) is 0 Å². The molecule has 0 saturated heterocycles. The molecule has 0 unspecified atom stereocenters. The SMILES string of the molecule is CC(C)c1ccnc(-c2[c-]cc3oc4ccc(-c5ccc(F)cc5)cc4c3c2)c1.Cc1cc(-c2[c-]cccc2)ncc1[Si](C)(C)C.[Ir]. The molecule has 6 heteroatoms. The van der Waals surface area contributed by atoms with Crippen molar-refractivity contribution in [2.45, 2.75) is 46.3 Å². The number of hydrogen-bond acceptors (Lipinski definition) is 3. The summed E-state index contributed by atoms with van der Waals surface area (Å²) in [6.45, 7) is 13.6. The van der Waals surface area contributed by atoms with Crippen LogP contribution in [0.15, 0.2) is 114 Å². The van der Waals surface area contributed by atoms with Crippen molar-refractivity contribution in [2.75, 3.05) is 0 Å². The molecule has 0 atom stereocenters. The van der Waals surface area contributed by atoms with E-state index in [0.717, 1.165) is 55.6 Å². The van der Waals surface area contributed by atoms with Gasteiger partial charge in [-0.15, -0.1) is 59.7 Å². The van der Waals surface area contributed by atoms with Crippen molar-refractivity contribution in [1.82, 2.24) is 9.97 Å². The molecule has 3 nitrogen and oxygen atoms in total. The van der Waals surface area contributed by atoms with Crippen LogP contribution in [0, 0.1) is 24.9 Å². The first kappa shape index (κ1) is 34.1. The fraction of sp³-hybridized carbons (Fsp3) is 0.171. The van der Waals surface area contributed by atoms with Crippen molar-refractivity contribution in [2.24, 2.45) is 0 Å². The molecular weight excluding hydrogens is 776 g/mol.